The minimum absolute atomic E-state index is 0.221. The Hall–Kier alpha value is -3.17. The lowest BCUT2D eigenvalue weighted by molar-refractivity contribution is -0.134. The van der Waals surface area contributed by atoms with Crippen LogP contribution < -0.4 is 0 Å². The Kier molecular flexibility index (Phi) is 5.68. The van der Waals surface area contributed by atoms with Crippen molar-refractivity contribution in [3.05, 3.63) is 113 Å². The summed E-state index contributed by atoms with van der Waals surface area (Å²) in [6.45, 7) is 3.65. The van der Waals surface area contributed by atoms with Crippen molar-refractivity contribution in [1.82, 2.24) is 9.80 Å². The van der Waals surface area contributed by atoms with Crippen LogP contribution in [0.1, 0.15) is 29.5 Å². The normalized spacial score (nSPS) is 19.2. The summed E-state index contributed by atoms with van der Waals surface area (Å²) in [5.74, 6) is 0.221. The quantitative estimate of drug-likeness (QED) is 0.568. The molecule has 0 saturated carbocycles. The van der Waals surface area contributed by atoms with E-state index in [1.165, 1.54) is 5.56 Å². The second-order valence-corrected chi connectivity index (χ2v) is 8.50. The molecule has 2 fully saturated rings. The van der Waals surface area contributed by atoms with Crippen LogP contribution in [0.4, 0.5) is 0 Å². The maximum absolute atomic E-state index is 13.7. The van der Waals surface area contributed by atoms with Gasteiger partial charge in [0.2, 0.25) is 0 Å². The molecule has 3 nitrogen and oxygen atoms in total. The first kappa shape index (κ1) is 19.8. The van der Waals surface area contributed by atoms with Crippen molar-refractivity contribution in [2.75, 3.05) is 19.6 Å². The maximum atomic E-state index is 13.7. The van der Waals surface area contributed by atoms with E-state index in [9.17, 15) is 4.79 Å². The first-order chi connectivity index (χ1) is 15.3. The number of fused-ring (bicyclic) bond motifs is 1. The first-order valence-corrected chi connectivity index (χ1v) is 11.2. The van der Waals surface area contributed by atoms with E-state index in [0.717, 1.165) is 61.3 Å². The van der Waals surface area contributed by atoms with Gasteiger partial charge in [0.1, 0.15) is 0 Å². The van der Waals surface area contributed by atoms with Crippen LogP contribution >= 0.6 is 0 Å². The minimum Gasteiger partial charge on any atom is -0.333 e. The van der Waals surface area contributed by atoms with Crippen molar-refractivity contribution in [3.63, 3.8) is 0 Å². The zero-order valence-corrected chi connectivity index (χ0v) is 17.8. The van der Waals surface area contributed by atoms with Crippen LogP contribution in [0.25, 0.3) is 5.57 Å². The second-order valence-electron chi connectivity index (χ2n) is 8.50. The van der Waals surface area contributed by atoms with Gasteiger partial charge in [0.05, 0.1) is 0 Å². The molecule has 3 aromatic rings. The number of amides is 1. The number of hydrogen-bond donors (Lipinski definition) is 0. The van der Waals surface area contributed by atoms with E-state index >= 15 is 0 Å². The fourth-order valence-electron chi connectivity index (χ4n) is 4.97. The van der Waals surface area contributed by atoms with E-state index < -0.39 is 0 Å². The monoisotopic (exact) mass is 408 g/mol. The molecule has 1 unspecified atom stereocenters. The summed E-state index contributed by atoms with van der Waals surface area (Å²) in [6.07, 6.45) is 1.85. The van der Waals surface area contributed by atoms with Crippen LogP contribution in [-0.2, 0) is 11.3 Å². The number of piperazine rings is 1. The van der Waals surface area contributed by atoms with Crippen molar-refractivity contribution < 1.29 is 4.79 Å². The van der Waals surface area contributed by atoms with Gasteiger partial charge in [-0.15, -0.1) is 0 Å². The molecule has 2 heterocycles. The molecule has 2 aliphatic rings. The highest BCUT2D eigenvalue weighted by Gasteiger charge is 2.37. The lowest BCUT2D eigenvalue weighted by Crippen LogP contribution is -2.57. The van der Waals surface area contributed by atoms with E-state index in [2.05, 4.69) is 88.7 Å². The fraction of sp³-hybridized carbons (Fsp3) is 0.250. The highest BCUT2D eigenvalue weighted by molar-refractivity contribution is 6.05. The summed E-state index contributed by atoms with van der Waals surface area (Å²) in [5.41, 5.74) is 5.65. The molecule has 3 heteroatoms. The summed E-state index contributed by atoms with van der Waals surface area (Å²) >= 11 is 0. The number of piperidine rings is 1. The summed E-state index contributed by atoms with van der Waals surface area (Å²) in [4.78, 5) is 18.3. The van der Waals surface area contributed by atoms with Gasteiger partial charge in [0, 0.05) is 37.8 Å². The molecule has 0 spiro atoms. The van der Waals surface area contributed by atoms with Crippen LogP contribution in [0.2, 0.25) is 0 Å². The van der Waals surface area contributed by atoms with Gasteiger partial charge in [0.15, 0.2) is 0 Å². The third-order valence-electron chi connectivity index (χ3n) is 6.49. The predicted octanol–water partition coefficient (Wildman–Crippen LogP) is 5.00. The largest absolute Gasteiger partial charge is 0.333 e. The maximum Gasteiger partial charge on any atom is 0.250 e. The zero-order valence-electron chi connectivity index (χ0n) is 17.8. The van der Waals surface area contributed by atoms with E-state index in [4.69, 9.17) is 0 Å². The van der Waals surface area contributed by atoms with Crippen molar-refractivity contribution in [2.45, 2.75) is 25.4 Å². The Balaban J connectivity index is 1.41. The molecule has 2 saturated heterocycles. The standard InChI is InChI=1S/C28H28N2O/c31-28-26(27(23-12-6-2-7-13-23)24-14-8-3-9-15-24)17-16-25-21-29(18-19-30(25)28)20-22-10-4-1-5-11-22/h1-15,25H,16-21H2. The summed E-state index contributed by atoms with van der Waals surface area (Å²) < 4.78 is 0. The van der Waals surface area contributed by atoms with Gasteiger partial charge in [-0.25, -0.2) is 0 Å². The van der Waals surface area contributed by atoms with Gasteiger partial charge < -0.3 is 4.90 Å². The number of rotatable bonds is 4. The molecule has 0 aromatic heterocycles. The van der Waals surface area contributed by atoms with Crippen LogP contribution in [0, 0.1) is 0 Å². The molecule has 0 radical (unpaired) electrons. The minimum atomic E-state index is 0.221. The molecule has 1 atom stereocenters. The fourth-order valence-corrected chi connectivity index (χ4v) is 4.97. The van der Waals surface area contributed by atoms with Crippen LogP contribution in [-0.4, -0.2) is 41.4 Å². The van der Waals surface area contributed by atoms with E-state index in [1.54, 1.807) is 0 Å². The van der Waals surface area contributed by atoms with Crippen LogP contribution in [0.5, 0.6) is 0 Å². The molecule has 2 aliphatic heterocycles. The average molecular weight is 409 g/mol. The SMILES string of the molecule is O=C1C(=C(c2ccccc2)c2ccccc2)CCC2CN(Cc3ccccc3)CCN12. The summed E-state index contributed by atoms with van der Waals surface area (Å²) in [6, 6.07) is 31.7. The van der Waals surface area contributed by atoms with Gasteiger partial charge in [-0.3, -0.25) is 9.69 Å². The summed E-state index contributed by atoms with van der Waals surface area (Å²) in [7, 11) is 0. The van der Waals surface area contributed by atoms with Crippen molar-refractivity contribution in [1.29, 1.82) is 0 Å². The molecule has 31 heavy (non-hydrogen) atoms. The molecule has 0 bridgehead atoms. The number of carbonyl (C=O) groups is 1. The zero-order chi connectivity index (χ0) is 21.0. The smallest absolute Gasteiger partial charge is 0.250 e. The van der Waals surface area contributed by atoms with E-state index in [0.29, 0.717) is 6.04 Å². The number of nitrogens with zero attached hydrogens (tertiary/aromatic N) is 2. The number of carbonyl (C=O) groups excluding carboxylic acids is 1. The van der Waals surface area contributed by atoms with Gasteiger partial charge in [-0.05, 0) is 35.1 Å². The first-order valence-electron chi connectivity index (χ1n) is 11.2. The van der Waals surface area contributed by atoms with Gasteiger partial charge in [-0.1, -0.05) is 91.0 Å². The Labute approximate surface area is 184 Å². The van der Waals surface area contributed by atoms with Crippen molar-refractivity contribution in [3.8, 4) is 0 Å². The van der Waals surface area contributed by atoms with Crippen molar-refractivity contribution in [2.24, 2.45) is 0 Å². The van der Waals surface area contributed by atoms with E-state index in [-0.39, 0.29) is 5.91 Å². The van der Waals surface area contributed by atoms with Crippen LogP contribution in [0.15, 0.2) is 96.6 Å². The van der Waals surface area contributed by atoms with Crippen molar-refractivity contribution >= 4 is 11.5 Å². The molecule has 3 aromatic carbocycles. The van der Waals surface area contributed by atoms with Crippen LogP contribution in [0.3, 0.4) is 0 Å². The second kappa shape index (κ2) is 8.91. The lowest BCUT2D eigenvalue weighted by Gasteiger charge is -2.45. The lowest BCUT2D eigenvalue weighted by atomic mass is 9.86. The Morgan fingerprint density at radius 1 is 0.774 bits per heavy atom. The summed E-state index contributed by atoms with van der Waals surface area (Å²) in [5, 5.41) is 0. The van der Waals surface area contributed by atoms with Gasteiger partial charge in [0.25, 0.3) is 5.91 Å². The molecule has 0 N–H and O–H groups in total. The Morgan fingerprint density at radius 3 is 1.97 bits per heavy atom. The van der Waals surface area contributed by atoms with Gasteiger partial charge >= 0.3 is 0 Å². The number of hydrogen-bond acceptors (Lipinski definition) is 2. The molecular formula is C28H28N2O. The Bertz CT molecular complexity index is 1020. The predicted molar refractivity (Wildman–Crippen MR) is 125 cm³/mol. The topological polar surface area (TPSA) is 23.6 Å². The molecule has 0 aliphatic carbocycles. The molecular weight excluding hydrogens is 380 g/mol. The van der Waals surface area contributed by atoms with E-state index in [1.807, 2.05) is 12.1 Å². The highest BCUT2D eigenvalue weighted by atomic mass is 16.2. The molecule has 1 amide bonds. The van der Waals surface area contributed by atoms with Gasteiger partial charge in [-0.2, -0.15) is 0 Å². The molecule has 156 valence electrons. The molecule has 5 rings (SSSR count). The third-order valence-corrected chi connectivity index (χ3v) is 6.49. The average Bonchev–Trinajstić information content (AvgIpc) is 2.83. The third kappa shape index (κ3) is 4.19. The Morgan fingerprint density at radius 2 is 1.35 bits per heavy atom. The number of benzene rings is 3. The highest BCUT2D eigenvalue weighted by Crippen LogP contribution is 2.35.